The average molecular weight is 319 g/mol. The van der Waals surface area contributed by atoms with E-state index < -0.39 is 0 Å². The Morgan fingerprint density at radius 1 is 1.00 bits per heavy atom. The van der Waals surface area contributed by atoms with Crippen LogP contribution in [0.15, 0.2) is 48.5 Å². The molecule has 0 aliphatic carbocycles. The first-order chi connectivity index (χ1) is 11.8. The summed E-state index contributed by atoms with van der Waals surface area (Å²) in [5, 5.41) is 8.88. The van der Waals surface area contributed by atoms with Gasteiger partial charge in [-0.15, -0.1) is 0 Å². The van der Waals surface area contributed by atoms with E-state index in [-0.39, 0.29) is 0 Å². The molecular formula is C22H25NO. The van der Waals surface area contributed by atoms with Crippen molar-refractivity contribution >= 4 is 0 Å². The van der Waals surface area contributed by atoms with Crippen LogP contribution < -0.4 is 0 Å². The van der Waals surface area contributed by atoms with Crippen molar-refractivity contribution in [2.24, 2.45) is 0 Å². The summed E-state index contributed by atoms with van der Waals surface area (Å²) >= 11 is 0. The first-order valence-corrected chi connectivity index (χ1v) is 9.02. The molecule has 0 bridgehead atoms. The highest BCUT2D eigenvalue weighted by Crippen LogP contribution is 2.31. The fourth-order valence-corrected chi connectivity index (χ4v) is 3.41. The lowest BCUT2D eigenvalue weighted by atomic mass is 9.89. The molecule has 0 spiro atoms. The summed E-state index contributed by atoms with van der Waals surface area (Å²) in [6.07, 6.45) is 6.61. The third kappa shape index (κ3) is 4.04. The lowest BCUT2D eigenvalue weighted by molar-refractivity contribution is -0.00189. The molecule has 0 amide bonds. The summed E-state index contributed by atoms with van der Waals surface area (Å²) in [7, 11) is 0. The molecule has 2 heteroatoms. The molecule has 2 aromatic rings. The topological polar surface area (TPSA) is 33.0 Å². The van der Waals surface area contributed by atoms with E-state index in [1.54, 1.807) is 0 Å². The maximum atomic E-state index is 8.88. The molecule has 0 aromatic heterocycles. The average Bonchev–Trinajstić information content (AvgIpc) is 2.67. The molecule has 2 atom stereocenters. The van der Waals surface area contributed by atoms with E-state index in [0.717, 1.165) is 12.2 Å². The lowest BCUT2D eigenvalue weighted by Gasteiger charge is -2.29. The molecule has 2 nitrogen and oxygen atoms in total. The minimum Gasteiger partial charge on any atom is -0.378 e. The second-order valence-corrected chi connectivity index (χ2v) is 6.68. The Labute approximate surface area is 145 Å². The Morgan fingerprint density at radius 2 is 1.67 bits per heavy atom. The lowest BCUT2D eigenvalue weighted by Crippen LogP contribution is -2.24. The standard InChI is InChI=1S/C22H25NO/c1-2-3-4-22-14-13-21(16-24-22)20-11-9-19(10-12-20)18-7-5-17(15-23)6-8-18/h5-12,21-22H,2-4,13-14,16H2,1H3. The van der Waals surface area contributed by atoms with Gasteiger partial charge in [-0.3, -0.25) is 0 Å². The molecule has 124 valence electrons. The molecule has 0 radical (unpaired) electrons. The molecule has 1 aliphatic heterocycles. The number of nitrogens with zero attached hydrogens (tertiary/aromatic N) is 1. The Bertz CT molecular complexity index is 673. The van der Waals surface area contributed by atoms with Crippen molar-refractivity contribution in [3.63, 3.8) is 0 Å². The Morgan fingerprint density at radius 3 is 2.21 bits per heavy atom. The van der Waals surface area contributed by atoms with Crippen LogP contribution in [0.4, 0.5) is 0 Å². The quantitative estimate of drug-likeness (QED) is 0.710. The number of hydrogen-bond acceptors (Lipinski definition) is 2. The van der Waals surface area contributed by atoms with E-state index in [1.807, 2.05) is 24.3 Å². The zero-order valence-electron chi connectivity index (χ0n) is 14.4. The number of benzene rings is 2. The van der Waals surface area contributed by atoms with Gasteiger partial charge in [0.15, 0.2) is 0 Å². The van der Waals surface area contributed by atoms with Crippen LogP contribution in [0.25, 0.3) is 11.1 Å². The third-order valence-corrected chi connectivity index (χ3v) is 4.98. The number of ether oxygens (including phenoxy) is 1. The highest BCUT2D eigenvalue weighted by Gasteiger charge is 2.22. The zero-order valence-corrected chi connectivity index (χ0v) is 14.4. The number of hydrogen-bond donors (Lipinski definition) is 0. The molecule has 24 heavy (non-hydrogen) atoms. The Kier molecular flexibility index (Phi) is 5.67. The second kappa shape index (κ2) is 8.13. The molecule has 1 saturated heterocycles. The van der Waals surface area contributed by atoms with Crippen LogP contribution in [-0.2, 0) is 4.74 Å². The summed E-state index contributed by atoms with van der Waals surface area (Å²) < 4.78 is 6.06. The number of unbranched alkanes of at least 4 members (excludes halogenated alkanes) is 1. The van der Waals surface area contributed by atoms with E-state index in [9.17, 15) is 0 Å². The van der Waals surface area contributed by atoms with Crippen molar-refractivity contribution in [2.45, 2.75) is 51.0 Å². The first-order valence-electron chi connectivity index (χ1n) is 9.02. The molecule has 3 rings (SSSR count). The molecule has 1 heterocycles. The van der Waals surface area contributed by atoms with Crippen molar-refractivity contribution in [2.75, 3.05) is 6.61 Å². The summed E-state index contributed by atoms with van der Waals surface area (Å²) in [6, 6.07) is 18.7. The van der Waals surface area contributed by atoms with Crippen molar-refractivity contribution < 1.29 is 4.74 Å². The predicted octanol–water partition coefficient (Wildman–Crippen LogP) is 5.68. The van der Waals surface area contributed by atoms with E-state index >= 15 is 0 Å². The minimum absolute atomic E-state index is 0.471. The normalized spacial score (nSPS) is 20.5. The third-order valence-electron chi connectivity index (χ3n) is 4.98. The second-order valence-electron chi connectivity index (χ2n) is 6.68. The van der Waals surface area contributed by atoms with E-state index in [1.165, 1.54) is 43.2 Å². The molecule has 0 saturated carbocycles. The smallest absolute Gasteiger partial charge is 0.0991 e. The van der Waals surface area contributed by atoms with Gasteiger partial charge in [0.25, 0.3) is 0 Å². The molecule has 0 N–H and O–H groups in total. The van der Waals surface area contributed by atoms with Crippen LogP contribution in [0.2, 0.25) is 0 Å². The van der Waals surface area contributed by atoms with Crippen molar-refractivity contribution in [1.29, 1.82) is 5.26 Å². The van der Waals surface area contributed by atoms with Crippen LogP contribution in [0.1, 0.15) is 56.1 Å². The number of nitriles is 1. The van der Waals surface area contributed by atoms with Gasteiger partial charge in [-0.25, -0.2) is 0 Å². The number of rotatable bonds is 5. The summed E-state index contributed by atoms with van der Waals surface area (Å²) in [4.78, 5) is 0. The highest BCUT2D eigenvalue weighted by atomic mass is 16.5. The van der Waals surface area contributed by atoms with Crippen LogP contribution >= 0.6 is 0 Å². The van der Waals surface area contributed by atoms with Crippen molar-refractivity contribution in [3.05, 3.63) is 59.7 Å². The van der Waals surface area contributed by atoms with Gasteiger partial charge >= 0.3 is 0 Å². The maximum absolute atomic E-state index is 8.88. The molecule has 2 unspecified atom stereocenters. The van der Waals surface area contributed by atoms with Crippen molar-refractivity contribution in [1.82, 2.24) is 0 Å². The Hall–Kier alpha value is -2.11. The molecule has 1 aliphatic rings. The van der Waals surface area contributed by atoms with Gasteiger partial charge in [0.2, 0.25) is 0 Å². The van der Waals surface area contributed by atoms with Gasteiger partial charge in [-0.2, -0.15) is 5.26 Å². The van der Waals surface area contributed by atoms with Gasteiger partial charge in [0.1, 0.15) is 0 Å². The van der Waals surface area contributed by atoms with Crippen LogP contribution in [0.3, 0.4) is 0 Å². The van der Waals surface area contributed by atoms with Crippen molar-refractivity contribution in [3.8, 4) is 17.2 Å². The van der Waals surface area contributed by atoms with Gasteiger partial charge in [0, 0.05) is 5.92 Å². The summed E-state index contributed by atoms with van der Waals surface area (Å²) in [6.45, 7) is 3.09. The zero-order chi connectivity index (χ0) is 16.8. The van der Waals surface area contributed by atoms with E-state index in [2.05, 4.69) is 37.3 Å². The van der Waals surface area contributed by atoms with Crippen LogP contribution in [0.5, 0.6) is 0 Å². The van der Waals surface area contributed by atoms with Crippen LogP contribution in [-0.4, -0.2) is 12.7 Å². The SMILES string of the molecule is CCCCC1CCC(c2ccc(-c3ccc(C#N)cc3)cc2)CO1. The van der Waals surface area contributed by atoms with E-state index in [0.29, 0.717) is 17.6 Å². The van der Waals surface area contributed by atoms with Gasteiger partial charge in [0.05, 0.1) is 24.3 Å². The monoisotopic (exact) mass is 319 g/mol. The first kappa shape index (κ1) is 16.7. The van der Waals surface area contributed by atoms with Crippen LogP contribution in [0, 0.1) is 11.3 Å². The Balaban J connectivity index is 1.61. The molecule has 2 aromatic carbocycles. The van der Waals surface area contributed by atoms with Gasteiger partial charge in [-0.1, -0.05) is 56.2 Å². The largest absolute Gasteiger partial charge is 0.378 e. The molecule has 1 fully saturated rings. The fourth-order valence-electron chi connectivity index (χ4n) is 3.41. The highest BCUT2D eigenvalue weighted by molar-refractivity contribution is 5.64. The maximum Gasteiger partial charge on any atom is 0.0991 e. The molecular weight excluding hydrogens is 294 g/mol. The fraction of sp³-hybridized carbons (Fsp3) is 0.409. The van der Waals surface area contributed by atoms with Gasteiger partial charge in [-0.05, 0) is 48.1 Å². The summed E-state index contributed by atoms with van der Waals surface area (Å²) in [5.41, 5.74) is 4.43. The predicted molar refractivity (Wildman–Crippen MR) is 97.8 cm³/mol. The van der Waals surface area contributed by atoms with E-state index in [4.69, 9.17) is 10.00 Å². The minimum atomic E-state index is 0.471. The summed E-state index contributed by atoms with van der Waals surface area (Å²) in [5.74, 6) is 0.526. The van der Waals surface area contributed by atoms with Gasteiger partial charge < -0.3 is 4.74 Å².